The SMILES string of the molecule is C=C(F)C(=O)Nc1cc2c(Nc3cccc(Br)c3)ncnc2cc1OCC1CCN(C)CC1. The van der Waals surface area contributed by atoms with Crippen LogP contribution in [0.3, 0.4) is 0 Å². The number of carbonyl (C=O) groups excluding carboxylic acids is 1. The summed E-state index contributed by atoms with van der Waals surface area (Å²) in [6.45, 7) is 5.64. The van der Waals surface area contributed by atoms with Crippen LogP contribution in [0.25, 0.3) is 10.9 Å². The van der Waals surface area contributed by atoms with E-state index < -0.39 is 11.7 Å². The molecule has 0 unspecified atom stereocenters. The van der Waals surface area contributed by atoms with Gasteiger partial charge in [-0.05, 0) is 63.2 Å². The summed E-state index contributed by atoms with van der Waals surface area (Å²) >= 11 is 3.46. The van der Waals surface area contributed by atoms with Crippen molar-refractivity contribution in [2.24, 2.45) is 5.92 Å². The number of piperidine rings is 1. The number of amides is 1. The van der Waals surface area contributed by atoms with Crippen LogP contribution in [-0.4, -0.2) is 47.5 Å². The predicted octanol–water partition coefficient (Wildman–Crippen LogP) is 5.28. The number of rotatable bonds is 7. The van der Waals surface area contributed by atoms with Gasteiger partial charge in [0.1, 0.15) is 17.9 Å². The summed E-state index contributed by atoms with van der Waals surface area (Å²) in [5.41, 5.74) is 1.80. The Balaban J connectivity index is 1.65. The third-order valence-electron chi connectivity index (χ3n) is 5.63. The normalized spacial score (nSPS) is 14.8. The molecule has 0 spiro atoms. The number of hydrogen-bond donors (Lipinski definition) is 2. The first-order valence-electron chi connectivity index (χ1n) is 10.7. The maximum absolute atomic E-state index is 13.5. The van der Waals surface area contributed by atoms with Crippen molar-refractivity contribution < 1.29 is 13.9 Å². The molecular formula is C24H25BrFN5O2. The Morgan fingerprint density at radius 2 is 2.06 bits per heavy atom. The topological polar surface area (TPSA) is 79.4 Å². The van der Waals surface area contributed by atoms with Gasteiger partial charge in [-0.15, -0.1) is 0 Å². The molecule has 1 amide bonds. The lowest BCUT2D eigenvalue weighted by atomic mass is 9.98. The van der Waals surface area contributed by atoms with Crippen molar-refractivity contribution >= 4 is 49.9 Å². The van der Waals surface area contributed by atoms with Gasteiger partial charge in [0.25, 0.3) is 5.91 Å². The second-order valence-corrected chi connectivity index (χ2v) is 9.06. The minimum atomic E-state index is -1.08. The number of fused-ring (bicyclic) bond motifs is 1. The van der Waals surface area contributed by atoms with Crippen molar-refractivity contribution in [1.29, 1.82) is 0 Å². The number of likely N-dealkylation sites (tertiary alicyclic amines) is 1. The lowest BCUT2D eigenvalue weighted by Gasteiger charge is -2.29. The van der Waals surface area contributed by atoms with Crippen LogP contribution in [0.4, 0.5) is 21.6 Å². The van der Waals surface area contributed by atoms with E-state index in [1.807, 2.05) is 24.3 Å². The molecule has 33 heavy (non-hydrogen) atoms. The van der Waals surface area contributed by atoms with Crippen LogP contribution in [-0.2, 0) is 4.79 Å². The summed E-state index contributed by atoms with van der Waals surface area (Å²) in [5.74, 6) is -0.599. The van der Waals surface area contributed by atoms with Crippen LogP contribution in [0.5, 0.6) is 5.75 Å². The molecule has 9 heteroatoms. The number of aromatic nitrogens is 2. The average Bonchev–Trinajstić information content (AvgIpc) is 2.79. The monoisotopic (exact) mass is 513 g/mol. The van der Waals surface area contributed by atoms with Gasteiger partial charge in [0.2, 0.25) is 0 Å². The second-order valence-electron chi connectivity index (χ2n) is 8.14. The van der Waals surface area contributed by atoms with E-state index in [0.717, 1.165) is 36.1 Å². The molecule has 4 rings (SSSR count). The third-order valence-corrected chi connectivity index (χ3v) is 6.12. The first-order valence-corrected chi connectivity index (χ1v) is 11.5. The van der Waals surface area contributed by atoms with Gasteiger partial charge in [0.05, 0.1) is 17.8 Å². The Morgan fingerprint density at radius 1 is 1.27 bits per heavy atom. The molecule has 1 saturated heterocycles. The zero-order valence-corrected chi connectivity index (χ0v) is 19.9. The highest BCUT2D eigenvalue weighted by Crippen LogP contribution is 2.34. The highest BCUT2D eigenvalue weighted by Gasteiger charge is 2.20. The fourth-order valence-electron chi connectivity index (χ4n) is 3.73. The largest absolute Gasteiger partial charge is 0.491 e. The fraction of sp³-hybridized carbons (Fsp3) is 0.292. The molecule has 2 heterocycles. The molecule has 1 aromatic heterocycles. The van der Waals surface area contributed by atoms with Crippen LogP contribution in [0, 0.1) is 5.92 Å². The van der Waals surface area contributed by atoms with E-state index in [0.29, 0.717) is 40.7 Å². The zero-order chi connectivity index (χ0) is 23.4. The van der Waals surface area contributed by atoms with Gasteiger partial charge < -0.3 is 20.3 Å². The molecule has 0 saturated carbocycles. The third kappa shape index (κ3) is 5.85. The molecule has 0 aliphatic carbocycles. The summed E-state index contributed by atoms with van der Waals surface area (Å²) in [4.78, 5) is 23.1. The summed E-state index contributed by atoms with van der Waals surface area (Å²) in [6.07, 6.45) is 3.54. The Morgan fingerprint density at radius 3 is 2.79 bits per heavy atom. The van der Waals surface area contributed by atoms with Crippen molar-refractivity contribution in [1.82, 2.24) is 14.9 Å². The van der Waals surface area contributed by atoms with Crippen molar-refractivity contribution in [2.45, 2.75) is 12.8 Å². The zero-order valence-electron chi connectivity index (χ0n) is 18.3. The highest BCUT2D eigenvalue weighted by molar-refractivity contribution is 9.10. The van der Waals surface area contributed by atoms with E-state index in [4.69, 9.17) is 4.74 Å². The molecule has 172 valence electrons. The molecule has 0 radical (unpaired) electrons. The van der Waals surface area contributed by atoms with Gasteiger partial charge in [0, 0.05) is 21.6 Å². The number of benzene rings is 2. The van der Waals surface area contributed by atoms with Crippen molar-refractivity contribution in [3.05, 3.63) is 59.6 Å². The number of nitrogens with zero attached hydrogens (tertiary/aromatic N) is 3. The van der Waals surface area contributed by atoms with E-state index in [1.54, 1.807) is 12.1 Å². The molecule has 2 N–H and O–H groups in total. The lowest BCUT2D eigenvalue weighted by Crippen LogP contribution is -2.32. The Bertz CT molecular complexity index is 1180. The molecule has 7 nitrogen and oxygen atoms in total. The first-order chi connectivity index (χ1) is 15.9. The van der Waals surface area contributed by atoms with Gasteiger partial charge in [-0.1, -0.05) is 28.6 Å². The van der Waals surface area contributed by atoms with Gasteiger partial charge in [0.15, 0.2) is 5.83 Å². The number of ether oxygens (including phenoxy) is 1. The molecule has 0 atom stereocenters. The molecule has 1 aliphatic rings. The van der Waals surface area contributed by atoms with Crippen LogP contribution >= 0.6 is 15.9 Å². The number of nitrogens with one attached hydrogen (secondary N) is 2. The molecule has 3 aromatic rings. The van der Waals surface area contributed by atoms with E-state index >= 15 is 0 Å². The number of halogens is 2. The summed E-state index contributed by atoms with van der Waals surface area (Å²) in [7, 11) is 2.11. The standard InChI is InChI=1S/C24H25BrFN5O2/c1-15(26)24(32)30-21-11-19-20(12-22(21)33-13-16-6-8-31(2)9-7-16)27-14-28-23(19)29-18-5-3-4-17(25)10-18/h3-5,10-12,14,16H,1,6-9,13H2,2H3,(H,30,32)(H,27,28,29). The molecule has 1 fully saturated rings. The molecular weight excluding hydrogens is 489 g/mol. The van der Waals surface area contributed by atoms with Crippen molar-refractivity contribution in [2.75, 3.05) is 37.4 Å². The smallest absolute Gasteiger partial charge is 0.283 e. The lowest BCUT2D eigenvalue weighted by molar-refractivity contribution is -0.114. The van der Waals surface area contributed by atoms with Crippen molar-refractivity contribution in [3.8, 4) is 5.75 Å². The summed E-state index contributed by atoms with van der Waals surface area (Å²) < 4.78 is 20.5. The second kappa shape index (κ2) is 10.3. The van der Waals surface area contributed by atoms with Gasteiger partial charge >= 0.3 is 0 Å². The van der Waals surface area contributed by atoms with Gasteiger partial charge in [-0.2, -0.15) is 0 Å². The maximum atomic E-state index is 13.5. The predicted molar refractivity (Wildman–Crippen MR) is 132 cm³/mol. The molecule has 1 aliphatic heterocycles. The van der Waals surface area contributed by atoms with E-state index in [9.17, 15) is 9.18 Å². The molecule has 0 bridgehead atoms. The van der Waals surface area contributed by atoms with Gasteiger partial charge in [-0.25, -0.2) is 14.4 Å². The van der Waals surface area contributed by atoms with Crippen LogP contribution in [0.15, 0.2) is 59.6 Å². The Hall–Kier alpha value is -3.04. The summed E-state index contributed by atoms with van der Waals surface area (Å²) in [6, 6.07) is 11.1. The average molecular weight is 514 g/mol. The van der Waals surface area contributed by atoms with Crippen molar-refractivity contribution in [3.63, 3.8) is 0 Å². The highest BCUT2D eigenvalue weighted by atomic mass is 79.9. The van der Waals surface area contributed by atoms with E-state index in [1.165, 1.54) is 6.33 Å². The quantitative estimate of drug-likeness (QED) is 0.418. The number of anilines is 3. The first kappa shape index (κ1) is 23.1. The number of carbonyl (C=O) groups is 1. The molecule has 2 aromatic carbocycles. The van der Waals surface area contributed by atoms with Crippen LogP contribution < -0.4 is 15.4 Å². The van der Waals surface area contributed by atoms with Crippen LogP contribution in [0.1, 0.15) is 12.8 Å². The van der Waals surface area contributed by atoms with Crippen LogP contribution in [0.2, 0.25) is 0 Å². The minimum Gasteiger partial charge on any atom is -0.491 e. The number of hydrogen-bond acceptors (Lipinski definition) is 6. The Labute approximate surface area is 200 Å². The fourth-order valence-corrected chi connectivity index (χ4v) is 4.13. The minimum absolute atomic E-state index is 0.339. The summed E-state index contributed by atoms with van der Waals surface area (Å²) in [5, 5.41) is 6.48. The Kier molecular flexibility index (Phi) is 7.20. The van der Waals surface area contributed by atoms with Gasteiger partial charge in [-0.3, -0.25) is 4.79 Å². The maximum Gasteiger partial charge on any atom is 0.283 e. The van der Waals surface area contributed by atoms with E-state index in [-0.39, 0.29) is 0 Å². The van der Waals surface area contributed by atoms with E-state index in [2.05, 4.69) is 55.1 Å².